The van der Waals surface area contributed by atoms with Gasteiger partial charge in [0.1, 0.15) is 0 Å². The van der Waals surface area contributed by atoms with Crippen LogP contribution in [0.5, 0.6) is 0 Å². The summed E-state index contributed by atoms with van der Waals surface area (Å²) >= 11 is 1.75. The molecule has 1 N–H and O–H groups in total. The number of aliphatic hydroxyl groups is 1. The molecule has 1 saturated heterocycles. The van der Waals surface area contributed by atoms with Gasteiger partial charge in [0.25, 0.3) is 0 Å². The highest BCUT2D eigenvalue weighted by Gasteiger charge is 2.30. The van der Waals surface area contributed by atoms with Gasteiger partial charge in [0.05, 0.1) is 12.3 Å². The molecular weight excluding hydrogens is 270 g/mol. The molecule has 1 aliphatic heterocycles. The minimum Gasteiger partial charge on any atom is -0.395 e. The lowest BCUT2D eigenvalue weighted by molar-refractivity contribution is 0.0443. The first kappa shape index (κ1) is 14.3. The van der Waals surface area contributed by atoms with Crippen LogP contribution in [0.15, 0.2) is 5.38 Å². The first-order valence-electron chi connectivity index (χ1n) is 7.73. The molecule has 3 rings (SSSR count). The van der Waals surface area contributed by atoms with E-state index < -0.39 is 0 Å². The second-order valence-corrected chi connectivity index (χ2v) is 7.09. The van der Waals surface area contributed by atoms with Crippen molar-refractivity contribution in [2.24, 2.45) is 0 Å². The summed E-state index contributed by atoms with van der Waals surface area (Å²) < 4.78 is 0. The zero-order valence-electron chi connectivity index (χ0n) is 12.5. The molecule has 1 aliphatic carbocycles. The average molecular weight is 295 g/mol. The van der Waals surface area contributed by atoms with Crippen LogP contribution < -0.4 is 4.90 Å². The second kappa shape index (κ2) is 6.00. The highest BCUT2D eigenvalue weighted by atomic mass is 32.1. The number of likely N-dealkylation sites (tertiary alicyclic amines) is 1. The molecule has 0 amide bonds. The first-order chi connectivity index (χ1) is 9.69. The van der Waals surface area contributed by atoms with Crippen molar-refractivity contribution in [3.8, 4) is 0 Å². The van der Waals surface area contributed by atoms with Crippen LogP contribution in [-0.4, -0.2) is 46.8 Å². The molecule has 2 unspecified atom stereocenters. The third kappa shape index (κ3) is 3.00. The Balaban J connectivity index is 1.66. The van der Waals surface area contributed by atoms with E-state index in [2.05, 4.69) is 29.2 Å². The molecule has 0 radical (unpaired) electrons. The van der Waals surface area contributed by atoms with Crippen LogP contribution in [0, 0.1) is 0 Å². The Kier molecular flexibility index (Phi) is 4.29. The first-order valence-corrected chi connectivity index (χ1v) is 8.61. The number of rotatable bonds is 5. The normalized spacial score (nSPS) is 27.8. The quantitative estimate of drug-likeness (QED) is 0.906. The predicted octanol–water partition coefficient (Wildman–Crippen LogP) is 2.48. The van der Waals surface area contributed by atoms with E-state index in [-0.39, 0.29) is 6.61 Å². The molecule has 0 bridgehead atoms. The van der Waals surface area contributed by atoms with Gasteiger partial charge in [0.15, 0.2) is 5.13 Å². The molecule has 2 fully saturated rings. The number of aromatic nitrogens is 1. The number of anilines is 1. The van der Waals surface area contributed by atoms with Gasteiger partial charge in [-0.15, -0.1) is 11.3 Å². The van der Waals surface area contributed by atoms with Crippen molar-refractivity contribution in [2.45, 2.75) is 63.7 Å². The van der Waals surface area contributed by atoms with Crippen LogP contribution in [0.2, 0.25) is 0 Å². The zero-order chi connectivity index (χ0) is 14.1. The SMILES string of the molecule is CC1CCCC(CO)N1Cc1csc(N(C)C2CC2)n1. The van der Waals surface area contributed by atoms with E-state index in [1.165, 1.54) is 25.7 Å². The van der Waals surface area contributed by atoms with Crippen molar-refractivity contribution in [1.29, 1.82) is 0 Å². The topological polar surface area (TPSA) is 39.6 Å². The summed E-state index contributed by atoms with van der Waals surface area (Å²) in [5.41, 5.74) is 1.16. The molecule has 2 aliphatic rings. The molecule has 20 heavy (non-hydrogen) atoms. The summed E-state index contributed by atoms with van der Waals surface area (Å²) in [5.74, 6) is 0. The zero-order valence-corrected chi connectivity index (χ0v) is 13.3. The Morgan fingerprint density at radius 1 is 1.40 bits per heavy atom. The minimum absolute atomic E-state index is 0.267. The van der Waals surface area contributed by atoms with Crippen molar-refractivity contribution in [1.82, 2.24) is 9.88 Å². The predicted molar refractivity (Wildman–Crippen MR) is 83.3 cm³/mol. The van der Waals surface area contributed by atoms with Gasteiger partial charge in [-0.2, -0.15) is 0 Å². The summed E-state index contributed by atoms with van der Waals surface area (Å²) in [4.78, 5) is 9.54. The monoisotopic (exact) mass is 295 g/mol. The van der Waals surface area contributed by atoms with Crippen molar-refractivity contribution in [2.75, 3.05) is 18.6 Å². The fourth-order valence-electron chi connectivity index (χ4n) is 3.16. The van der Waals surface area contributed by atoms with Gasteiger partial charge in [-0.3, -0.25) is 4.90 Å². The molecule has 2 atom stereocenters. The van der Waals surface area contributed by atoms with Gasteiger partial charge < -0.3 is 10.0 Å². The van der Waals surface area contributed by atoms with E-state index in [1.807, 2.05) is 0 Å². The lowest BCUT2D eigenvalue weighted by atomic mass is 9.97. The molecule has 0 spiro atoms. The Morgan fingerprint density at radius 2 is 2.20 bits per heavy atom. The van der Waals surface area contributed by atoms with Crippen molar-refractivity contribution in [3.05, 3.63) is 11.1 Å². The lowest BCUT2D eigenvalue weighted by Gasteiger charge is -2.39. The highest BCUT2D eigenvalue weighted by Crippen LogP contribution is 2.32. The van der Waals surface area contributed by atoms with Crippen LogP contribution in [0.3, 0.4) is 0 Å². The van der Waals surface area contributed by atoms with E-state index >= 15 is 0 Å². The standard InChI is InChI=1S/C15H25N3OS/c1-11-4-3-5-14(9-19)18(11)8-12-10-20-15(16-12)17(2)13-6-7-13/h10-11,13-14,19H,3-9H2,1-2H3. The molecule has 0 aromatic carbocycles. The second-order valence-electron chi connectivity index (χ2n) is 6.25. The largest absolute Gasteiger partial charge is 0.395 e. The Hall–Kier alpha value is -0.650. The van der Waals surface area contributed by atoms with Crippen molar-refractivity contribution < 1.29 is 5.11 Å². The molecular formula is C15H25N3OS. The maximum atomic E-state index is 9.56. The van der Waals surface area contributed by atoms with E-state index in [4.69, 9.17) is 4.98 Å². The van der Waals surface area contributed by atoms with Crippen LogP contribution in [0.1, 0.15) is 44.7 Å². The Labute approximate surface area is 125 Å². The smallest absolute Gasteiger partial charge is 0.185 e. The molecule has 1 saturated carbocycles. The van der Waals surface area contributed by atoms with E-state index in [0.29, 0.717) is 18.1 Å². The average Bonchev–Trinajstić information content (AvgIpc) is 3.20. The van der Waals surface area contributed by atoms with E-state index in [9.17, 15) is 5.11 Å². The maximum absolute atomic E-state index is 9.56. The number of hydrogen-bond acceptors (Lipinski definition) is 5. The fourth-order valence-corrected chi connectivity index (χ4v) is 4.01. The molecule has 2 heterocycles. The summed E-state index contributed by atoms with van der Waals surface area (Å²) in [6, 6.07) is 1.57. The van der Waals surface area contributed by atoms with E-state index in [1.54, 1.807) is 11.3 Å². The fraction of sp³-hybridized carbons (Fsp3) is 0.800. The minimum atomic E-state index is 0.267. The van der Waals surface area contributed by atoms with Crippen LogP contribution in [0.4, 0.5) is 5.13 Å². The van der Waals surface area contributed by atoms with Crippen LogP contribution in [-0.2, 0) is 6.54 Å². The van der Waals surface area contributed by atoms with Gasteiger partial charge in [-0.1, -0.05) is 6.42 Å². The number of nitrogens with zero attached hydrogens (tertiary/aromatic N) is 3. The molecule has 1 aromatic heterocycles. The highest BCUT2D eigenvalue weighted by molar-refractivity contribution is 7.13. The van der Waals surface area contributed by atoms with Gasteiger partial charge in [0, 0.05) is 37.1 Å². The lowest BCUT2D eigenvalue weighted by Crippen LogP contribution is -2.46. The van der Waals surface area contributed by atoms with E-state index in [0.717, 1.165) is 23.8 Å². The summed E-state index contributed by atoms with van der Waals surface area (Å²) in [5, 5.41) is 12.9. The maximum Gasteiger partial charge on any atom is 0.185 e. The van der Waals surface area contributed by atoms with Gasteiger partial charge in [-0.25, -0.2) is 4.98 Å². The number of thiazole rings is 1. The van der Waals surface area contributed by atoms with Gasteiger partial charge in [0.2, 0.25) is 0 Å². The third-order valence-electron chi connectivity index (χ3n) is 4.69. The third-order valence-corrected chi connectivity index (χ3v) is 5.67. The molecule has 112 valence electrons. The van der Waals surface area contributed by atoms with Crippen LogP contribution in [0.25, 0.3) is 0 Å². The van der Waals surface area contributed by atoms with Gasteiger partial charge >= 0.3 is 0 Å². The number of hydrogen-bond donors (Lipinski definition) is 1. The molecule has 5 heteroatoms. The summed E-state index contributed by atoms with van der Waals surface area (Å²) in [7, 11) is 2.15. The summed E-state index contributed by atoms with van der Waals surface area (Å²) in [6.07, 6.45) is 6.19. The number of aliphatic hydroxyl groups excluding tert-OH is 1. The Morgan fingerprint density at radius 3 is 2.90 bits per heavy atom. The number of piperidine rings is 1. The molecule has 1 aromatic rings. The van der Waals surface area contributed by atoms with Crippen molar-refractivity contribution in [3.63, 3.8) is 0 Å². The van der Waals surface area contributed by atoms with Crippen molar-refractivity contribution >= 4 is 16.5 Å². The summed E-state index contributed by atoms with van der Waals surface area (Å²) in [6.45, 7) is 3.41. The van der Waals surface area contributed by atoms with Crippen LogP contribution >= 0.6 is 11.3 Å². The van der Waals surface area contributed by atoms with Gasteiger partial charge in [-0.05, 0) is 32.6 Å². The Bertz CT molecular complexity index is 446. The molecule has 4 nitrogen and oxygen atoms in total.